The Morgan fingerprint density at radius 1 is 1.40 bits per heavy atom. The van der Waals surface area contributed by atoms with Gasteiger partial charge in [-0.05, 0) is 32.2 Å². The third kappa shape index (κ3) is 2.81. The summed E-state index contributed by atoms with van der Waals surface area (Å²) in [4.78, 5) is 13.7. The summed E-state index contributed by atoms with van der Waals surface area (Å²) in [5.74, 6) is -2.60. The Hall–Kier alpha value is -0.750. The molecule has 1 saturated carbocycles. The number of amides is 1. The molecule has 1 aliphatic carbocycles. The molecule has 2 atom stereocenters. The topological polar surface area (TPSA) is 41.6 Å². The zero-order chi connectivity index (χ0) is 14.2. The maximum absolute atomic E-state index is 13.4. The third-order valence-electron chi connectivity index (χ3n) is 4.79. The molecule has 2 saturated heterocycles. The van der Waals surface area contributed by atoms with Crippen molar-refractivity contribution in [2.45, 2.75) is 44.1 Å². The number of piperidine rings is 1. The molecule has 2 heterocycles. The van der Waals surface area contributed by atoms with Gasteiger partial charge >= 0.3 is 0 Å². The molecule has 20 heavy (non-hydrogen) atoms. The van der Waals surface area contributed by atoms with Crippen LogP contribution in [0.3, 0.4) is 0 Å². The van der Waals surface area contributed by atoms with Crippen molar-refractivity contribution in [3.8, 4) is 0 Å². The van der Waals surface area contributed by atoms with Gasteiger partial charge in [0.2, 0.25) is 5.91 Å². The number of ether oxygens (including phenoxy) is 1. The van der Waals surface area contributed by atoms with Gasteiger partial charge in [0.15, 0.2) is 0 Å². The molecule has 4 nitrogen and oxygen atoms in total. The highest BCUT2D eigenvalue weighted by molar-refractivity contribution is 5.78. The number of halogens is 2. The number of nitrogens with zero attached hydrogens (tertiary/aromatic N) is 1. The molecule has 0 aromatic carbocycles. The number of likely N-dealkylation sites (tertiary alicyclic amines) is 1. The van der Waals surface area contributed by atoms with Crippen molar-refractivity contribution < 1.29 is 18.3 Å². The van der Waals surface area contributed by atoms with Crippen molar-refractivity contribution in [3.05, 3.63) is 0 Å². The maximum atomic E-state index is 13.4. The van der Waals surface area contributed by atoms with E-state index in [1.165, 1.54) is 0 Å². The second kappa shape index (κ2) is 5.22. The van der Waals surface area contributed by atoms with E-state index in [0.29, 0.717) is 19.5 Å². The van der Waals surface area contributed by atoms with Crippen molar-refractivity contribution in [2.24, 2.45) is 5.41 Å². The zero-order valence-corrected chi connectivity index (χ0v) is 11.7. The van der Waals surface area contributed by atoms with E-state index in [0.717, 1.165) is 32.4 Å². The summed E-state index contributed by atoms with van der Waals surface area (Å²) < 4.78 is 32.2. The molecule has 1 amide bonds. The molecule has 3 rings (SSSR count). The number of nitrogens with one attached hydrogen (secondary N) is 1. The van der Waals surface area contributed by atoms with Crippen LogP contribution < -0.4 is 5.32 Å². The van der Waals surface area contributed by atoms with Crippen LogP contribution in [0.4, 0.5) is 8.78 Å². The van der Waals surface area contributed by atoms with Crippen LogP contribution in [-0.4, -0.2) is 55.6 Å². The lowest BCUT2D eigenvalue weighted by molar-refractivity contribution is -0.123. The highest BCUT2D eigenvalue weighted by Crippen LogP contribution is 2.64. The first-order chi connectivity index (χ1) is 9.51. The predicted octanol–water partition coefficient (Wildman–Crippen LogP) is 1.40. The summed E-state index contributed by atoms with van der Waals surface area (Å²) >= 11 is 0. The molecular formula is C14H22F2N2O2. The average molecular weight is 288 g/mol. The Bertz CT molecular complexity index is 385. The van der Waals surface area contributed by atoms with Crippen LogP contribution in [0.1, 0.15) is 32.1 Å². The van der Waals surface area contributed by atoms with E-state index >= 15 is 0 Å². The Balaban J connectivity index is 1.42. The summed E-state index contributed by atoms with van der Waals surface area (Å²) in [5.41, 5.74) is -0.833. The first-order valence-corrected chi connectivity index (χ1v) is 7.49. The average Bonchev–Trinajstić information content (AvgIpc) is 2.81. The SMILES string of the molecule is O=C(CN1CCCC2(C1)CC2(F)F)NCC1CCCO1. The third-order valence-corrected chi connectivity index (χ3v) is 4.79. The van der Waals surface area contributed by atoms with Gasteiger partial charge in [-0.1, -0.05) is 0 Å². The molecule has 0 bridgehead atoms. The minimum atomic E-state index is -2.51. The molecule has 2 unspecified atom stereocenters. The van der Waals surface area contributed by atoms with E-state index < -0.39 is 11.3 Å². The van der Waals surface area contributed by atoms with E-state index in [1.54, 1.807) is 0 Å². The van der Waals surface area contributed by atoms with Gasteiger partial charge in [-0.3, -0.25) is 9.69 Å². The molecular weight excluding hydrogens is 266 g/mol. The minimum absolute atomic E-state index is 0.00592. The Labute approximate surface area is 117 Å². The van der Waals surface area contributed by atoms with Crippen LogP contribution >= 0.6 is 0 Å². The van der Waals surface area contributed by atoms with Crippen LogP contribution in [0.15, 0.2) is 0 Å². The molecule has 0 aromatic rings. The summed E-state index contributed by atoms with van der Waals surface area (Å²) in [6.45, 7) is 2.63. The summed E-state index contributed by atoms with van der Waals surface area (Å²) in [5, 5.41) is 2.85. The number of alkyl halides is 2. The van der Waals surface area contributed by atoms with Crippen LogP contribution in [-0.2, 0) is 9.53 Å². The fourth-order valence-corrected chi connectivity index (χ4v) is 3.48. The number of hydrogen-bond donors (Lipinski definition) is 1. The summed E-state index contributed by atoms with van der Waals surface area (Å²) in [6, 6.07) is 0. The van der Waals surface area contributed by atoms with E-state index in [-0.39, 0.29) is 25.0 Å². The van der Waals surface area contributed by atoms with Crippen molar-refractivity contribution in [2.75, 3.05) is 32.8 Å². The van der Waals surface area contributed by atoms with Crippen LogP contribution in [0, 0.1) is 5.41 Å². The second-order valence-corrected chi connectivity index (χ2v) is 6.41. The molecule has 3 fully saturated rings. The maximum Gasteiger partial charge on any atom is 0.255 e. The minimum Gasteiger partial charge on any atom is -0.376 e. The summed E-state index contributed by atoms with van der Waals surface area (Å²) in [7, 11) is 0. The van der Waals surface area contributed by atoms with Gasteiger partial charge < -0.3 is 10.1 Å². The smallest absolute Gasteiger partial charge is 0.255 e. The quantitative estimate of drug-likeness (QED) is 0.850. The van der Waals surface area contributed by atoms with Crippen molar-refractivity contribution in [1.82, 2.24) is 10.2 Å². The van der Waals surface area contributed by atoms with Crippen molar-refractivity contribution in [1.29, 1.82) is 0 Å². The largest absolute Gasteiger partial charge is 0.376 e. The lowest BCUT2D eigenvalue weighted by Crippen LogP contribution is -2.45. The van der Waals surface area contributed by atoms with Crippen LogP contribution in [0.25, 0.3) is 0 Å². The molecule has 6 heteroatoms. The Morgan fingerprint density at radius 2 is 2.20 bits per heavy atom. The first kappa shape index (κ1) is 14.2. The van der Waals surface area contributed by atoms with Gasteiger partial charge in [0.1, 0.15) is 0 Å². The molecule has 0 radical (unpaired) electrons. The highest BCUT2D eigenvalue weighted by Gasteiger charge is 2.71. The number of rotatable bonds is 4. The van der Waals surface area contributed by atoms with Gasteiger partial charge in [0.25, 0.3) is 5.92 Å². The van der Waals surface area contributed by atoms with Gasteiger partial charge in [-0.2, -0.15) is 0 Å². The van der Waals surface area contributed by atoms with Gasteiger partial charge in [0.05, 0.1) is 18.1 Å². The van der Waals surface area contributed by atoms with Gasteiger partial charge in [-0.25, -0.2) is 8.78 Å². The van der Waals surface area contributed by atoms with Crippen molar-refractivity contribution in [3.63, 3.8) is 0 Å². The van der Waals surface area contributed by atoms with E-state index in [2.05, 4.69) is 5.32 Å². The fourth-order valence-electron chi connectivity index (χ4n) is 3.48. The molecule has 0 aromatic heterocycles. The Morgan fingerprint density at radius 3 is 2.85 bits per heavy atom. The molecule has 1 spiro atoms. The zero-order valence-electron chi connectivity index (χ0n) is 11.7. The summed E-state index contributed by atoms with van der Waals surface area (Å²) in [6.07, 6.45) is 3.50. The molecule has 1 N–H and O–H groups in total. The lowest BCUT2D eigenvalue weighted by atomic mass is 9.94. The lowest BCUT2D eigenvalue weighted by Gasteiger charge is -2.32. The second-order valence-electron chi connectivity index (χ2n) is 6.41. The normalized spacial score (nSPS) is 36.2. The van der Waals surface area contributed by atoms with Gasteiger partial charge in [-0.15, -0.1) is 0 Å². The monoisotopic (exact) mass is 288 g/mol. The number of hydrogen-bond acceptors (Lipinski definition) is 3. The highest BCUT2D eigenvalue weighted by atomic mass is 19.3. The first-order valence-electron chi connectivity index (χ1n) is 7.49. The Kier molecular flexibility index (Phi) is 3.71. The van der Waals surface area contributed by atoms with Gasteiger partial charge in [0, 0.05) is 26.1 Å². The molecule has 2 aliphatic heterocycles. The number of carbonyl (C=O) groups excluding carboxylic acids is 1. The van der Waals surface area contributed by atoms with E-state index in [4.69, 9.17) is 4.74 Å². The predicted molar refractivity (Wildman–Crippen MR) is 69.7 cm³/mol. The van der Waals surface area contributed by atoms with E-state index in [9.17, 15) is 13.6 Å². The molecule has 114 valence electrons. The van der Waals surface area contributed by atoms with Crippen LogP contribution in [0.2, 0.25) is 0 Å². The number of carbonyl (C=O) groups is 1. The van der Waals surface area contributed by atoms with E-state index in [1.807, 2.05) is 4.90 Å². The standard InChI is InChI=1S/C14H22F2N2O2/c15-14(16)9-13(14)4-2-5-18(10-13)8-12(19)17-7-11-3-1-6-20-11/h11H,1-10H2,(H,17,19). The van der Waals surface area contributed by atoms with Crippen molar-refractivity contribution >= 4 is 5.91 Å². The fraction of sp³-hybridized carbons (Fsp3) is 0.929. The molecule has 3 aliphatic rings. The van der Waals surface area contributed by atoms with Crippen LogP contribution in [0.5, 0.6) is 0 Å².